The molecular formula is C8H15NO8P2. The Bertz CT molecular complexity index is 513. The second-order valence-electron chi connectivity index (χ2n) is 3.84. The Morgan fingerprint density at radius 1 is 1.16 bits per heavy atom. The number of rotatable bonds is 4. The van der Waals surface area contributed by atoms with Crippen LogP contribution in [0, 0.1) is 0 Å². The summed E-state index contributed by atoms with van der Waals surface area (Å²) in [5, 5.41) is 6.31. The smallest absolute Gasteiger partial charge is 0.370 e. The van der Waals surface area contributed by atoms with Gasteiger partial charge in [0, 0.05) is 12.1 Å². The highest BCUT2D eigenvalue weighted by molar-refractivity contribution is 7.72. The SMILES string of the molecule is C[n+]1ccccc1CC(O)(P(=O)(O)O)P(=O)(O)O.[OH-]. The highest BCUT2D eigenvalue weighted by Crippen LogP contribution is 2.68. The number of aryl methyl sites for hydroxylation is 1. The van der Waals surface area contributed by atoms with Crippen LogP contribution in [0.4, 0.5) is 0 Å². The van der Waals surface area contributed by atoms with Crippen LogP contribution < -0.4 is 4.57 Å². The van der Waals surface area contributed by atoms with E-state index in [1.807, 2.05) is 0 Å². The number of aromatic nitrogens is 1. The van der Waals surface area contributed by atoms with Crippen molar-refractivity contribution in [3.05, 3.63) is 30.1 Å². The standard InChI is InChI=1S/C8H13NO7P2.H2O/c1-9-5-3-2-4-7(9)6-8(10,17(11,12)13)18(14,15)16;/h2-5,10H,6H2,1H3,(H3-,11,12,13,14,15,16);1H2. The van der Waals surface area contributed by atoms with E-state index in [0.29, 0.717) is 0 Å². The third kappa shape index (κ3) is 3.68. The maximum Gasteiger partial charge on any atom is 0.370 e. The summed E-state index contributed by atoms with van der Waals surface area (Å²) in [6.07, 6.45) is 0.661. The Kier molecular flexibility index (Phi) is 5.59. The number of hydrogen-bond donors (Lipinski definition) is 5. The molecule has 9 nitrogen and oxygen atoms in total. The molecular weight excluding hydrogens is 300 g/mol. The summed E-state index contributed by atoms with van der Waals surface area (Å²) in [5.41, 5.74) is 0.173. The summed E-state index contributed by atoms with van der Waals surface area (Å²) in [7, 11) is -9.31. The average Bonchev–Trinajstić information content (AvgIpc) is 2.18. The Morgan fingerprint density at radius 3 is 2.00 bits per heavy atom. The van der Waals surface area contributed by atoms with Crippen molar-refractivity contribution in [2.75, 3.05) is 0 Å². The van der Waals surface area contributed by atoms with Gasteiger partial charge in [0.05, 0.1) is 6.42 Å². The molecule has 0 spiro atoms. The molecule has 0 saturated heterocycles. The van der Waals surface area contributed by atoms with Gasteiger partial charge in [-0.05, 0) is 0 Å². The maximum atomic E-state index is 11.2. The minimum Gasteiger partial charge on any atom is -0.870 e. The highest BCUT2D eigenvalue weighted by atomic mass is 31.2. The lowest BCUT2D eigenvalue weighted by molar-refractivity contribution is -0.679. The first-order valence-electron chi connectivity index (χ1n) is 4.76. The minimum absolute atomic E-state index is 0. The first kappa shape index (κ1) is 18.4. The van der Waals surface area contributed by atoms with E-state index in [1.165, 1.54) is 29.9 Å². The predicted octanol–water partition coefficient (Wildman–Crippen LogP) is -1.12. The fraction of sp³-hybridized carbons (Fsp3) is 0.375. The summed E-state index contributed by atoms with van der Waals surface area (Å²) in [6.45, 7) is 0. The molecule has 0 fully saturated rings. The third-order valence-corrected chi connectivity index (χ3v) is 6.26. The van der Waals surface area contributed by atoms with Crippen molar-refractivity contribution in [2.24, 2.45) is 7.05 Å². The Labute approximate surface area is 108 Å². The number of aliphatic hydroxyl groups is 1. The summed E-state index contributed by atoms with van der Waals surface area (Å²) in [5.74, 6) is 0. The molecule has 0 aliphatic heterocycles. The molecule has 0 unspecified atom stereocenters. The maximum absolute atomic E-state index is 11.2. The van der Waals surface area contributed by atoms with Gasteiger partial charge in [-0.25, -0.2) is 4.57 Å². The quantitative estimate of drug-likeness (QED) is 0.343. The van der Waals surface area contributed by atoms with Gasteiger partial charge in [0.1, 0.15) is 7.05 Å². The molecule has 1 rings (SSSR count). The molecule has 0 saturated carbocycles. The second kappa shape index (κ2) is 5.78. The average molecular weight is 315 g/mol. The molecule has 0 atom stereocenters. The van der Waals surface area contributed by atoms with Crippen LogP contribution in [-0.2, 0) is 22.6 Å². The largest absolute Gasteiger partial charge is 0.870 e. The van der Waals surface area contributed by atoms with Crippen molar-refractivity contribution < 1.29 is 43.9 Å². The zero-order valence-electron chi connectivity index (χ0n) is 9.86. The van der Waals surface area contributed by atoms with Crippen molar-refractivity contribution in [3.63, 3.8) is 0 Å². The Balaban J connectivity index is 0.00000324. The van der Waals surface area contributed by atoms with E-state index in [1.54, 1.807) is 6.07 Å². The molecule has 110 valence electrons. The van der Waals surface area contributed by atoms with Crippen LogP contribution in [0.3, 0.4) is 0 Å². The Hall–Kier alpha value is -0.630. The van der Waals surface area contributed by atoms with Gasteiger partial charge in [-0.2, -0.15) is 0 Å². The van der Waals surface area contributed by atoms with Gasteiger partial charge in [-0.15, -0.1) is 0 Å². The van der Waals surface area contributed by atoms with E-state index in [4.69, 9.17) is 19.6 Å². The fourth-order valence-electron chi connectivity index (χ4n) is 1.36. The number of nitrogens with zero attached hydrogens (tertiary/aromatic N) is 1. The Morgan fingerprint density at radius 2 is 1.63 bits per heavy atom. The van der Waals surface area contributed by atoms with E-state index >= 15 is 0 Å². The molecule has 11 heteroatoms. The van der Waals surface area contributed by atoms with Crippen LogP contribution in [0.2, 0.25) is 0 Å². The first-order chi connectivity index (χ1) is 7.99. The first-order valence-corrected chi connectivity index (χ1v) is 7.99. The molecule has 0 amide bonds. The normalized spacial score (nSPS) is 12.9. The zero-order valence-corrected chi connectivity index (χ0v) is 11.6. The van der Waals surface area contributed by atoms with Crippen LogP contribution in [0.5, 0.6) is 0 Å². The summed E-state index contributed by atoms with van der Waals surface area (Å²) in [6, 6.07) is 4.54. The highest BCUT2D eigenvalue weighted by Gasteiger charge is 2.60. The van der Waals surface area contributed by atoms with E-state index < -0.39 is 26.7 Å². The lowest BCUT2D eigenvalue weighted by atomic mass is 10.2. The lowest BCUT2D eigenvalue weighted by Crippen LogP contribution is -2.40. The summed E-state index contributed by atoms with van der Waals surface area (Å²) in [4.78, 5) is 35.9. The van der Waals surface area contributed by atoms with Crippen LogP contribution >= 0.6 is 15.2 Å². The fourth-order valence-corrected chi connectivity index (χ4v) is 3.45. The summed E-state index contributed by atoms with van der Waals surface area (Å²) < 4.78 is 23.7. The topological polar surface area (TPSA) is 169 Å². The van der Waals surface area contributed by atoms with Crippen molar-refractivity contribution in [3.8, 4) is 0 Å². The van der Waals surface area contributed by atoms with Crippen molar-refractivity contribution in [2.45, 2.75) is 11.5 Å². The van der Waals surface area contributed by atoms with Crippen LogP contribution in [0.25, 0.3) is 0 Å². The van der Waals surface area contributed by atoms with Gasteiger partial charge in [0.2, 0.25) is 0 Å². The van der Waals surface area contributed by atoms with Crippen molar-refractivity contribution in [1.29, 1.82) is 0 Å². The second-order valence-corrected chi connectivity index (χ2v) is 7.85. The van der Waals surface area contributed by atoms with Gasteiger partial charge < -0.3 is 30.2 Å². The number of pyridine rings is 1. The van der Waals surface area contributed by atoms with E-state index in [-0.39, 0.29) is 11.2 Å². The molecule has 1 aromatic rings. The van der Waals surface area contributed by atoms with Gasteiger partial charge in [0.15, 0.2) is 11.9 Å². The van der Waals surface area contributed by atoms with Crippen LogP contribution in [0.1, 0.15) is 5.69 Å². The van der Waals surface area contributed by atoms with Crippen LogP contribution in [0.15, 0.2) is 24.4 Å². The van der Waals surface area contributed by atoms with Crippen molar-refractivity contribution in [1.82, 2.24) is 0 Å². The van der Waals surface area contributed by atoms with E-state index in [2.05, 4.69) is 0 Å². The molecule has 0 aromatic carbocycles. The van der Waals surface area contributed by atoms with Gasteiger partial charge in [-0.1, -0.05) is 6.07 Å². The van der Waals surface area contributed by atoms with Gasteiger partial charge in [-0.3, -0.25) is 9.13 Å². The molecule has 1 aromatic heterocycles. The molecule has 1 heterocycles. The zero-order chi connectivity index (χ0) is 14.2. The minimum atomic E-state index is -5.42. The number of hydrogen-bond acceptors (Lipinski definition) is 4. The monoisotopic (exact) mass is 315 g/mol. The lowest BCUT2D eigenvalue weighted by Gasteiger charge is -2.28. The molecule has 0 bridgehead atoms. The molecule has 0 aliphatic rings. The van der Waals surface area contributed by atoms with Crippen LogP contribution in [-0.4, -0.2) is 35.2 Å². The summed E-state index contributed by atoms with van der Waals surface area (Å²) >= 11 is 0. The molecule has 19 heavy (non-hydrogen) atoms. The van der Waals surface area contributed by atoms with Gasteiger partial charge in [0.25, 0.3) is 5.08 Å². The predicted molar refractivity (Wildman–Crippen MR) is 62.3 cm³/mol. The van der Waals surface area contributed by atoms with E-state index in [0.717, 1.165) is 0 Å². The molecule has 6 N–H and O–H groups in total. The third-order valence-electron chi connectivity index (χ3n) is 2.51. The van der Waals surface area contributed by atoms with E-state index in [9.17, 15) is 14.2 Å². The molecule has 0 aliphatic carbocycles. The van der Waals surface area contributed by atoms with Crippen molar-refractivity contribution >= 4 is 15.2 Å². The van der Waals surface area contributed by atoms with Gasteiger partial charge >= 0.3 is 15.2 Å². The molecule has 0 radical (unpaired) electrons.